The van der Waals surface area contributed by atoms with Crippen LogP contribution in [-0.4, -0.2) is 34.8 Å². The van der Waals surface area contributed by atoms with Crippen molar-refractivity contribution in [2.45, 2.75) is 24.8 Å². The fourth-order valence-electron chi connectivity index (χ4n) is 4.22. The van der Waals surface area contributed by atoms with E-state index in [0.717, 1.165) is 17.0 Å². The van der Waals surface area contributed by atoms with Crippen LogP contribution in [0.1, 0.15) is 36.1 Å². The van der Waals surface area contributed by atoms with E-state index in [2.05, 4.69) is 15.4 Å². The zero-order chi connectivity index (χ0) is 20.0. The molecule has 0 saturated heterocycles. The Hall–Kier alpha value is -3.55. The van der Waals surface area contributed by atoms with Crippen molar-refractivity contribution in [3.05, 3.63) is 65.5 Å². The van der Waals surface area contributed by atoms with E-state index >= 15 is 0 Å². The first-order valence-electron chi connectivity index (χ1n) is 9.37. The average molecular weight is 392 g/mol. The van der Waals surface area contributed by atoms with E-state index in [0.29, 0.717) is 35.9 Å². The van der Waals surface area contributed by atoms with Crippen LogP contribution < -0.4 is 14.8 Å². The number of hydrogen-bond acceptors (Lipinski definition) is 7. The van der Waals surface area contributed by atoms with Gasteiger partial charge >= 0.3 is 0 Å². The molecule has 5 rings (SSSR count). The van der Waals surface area contributed by atoms with E-state index in [4.69, 9.17) is 13.9 Å². The Morgan fingerprint density at radius 3 is 2.86 bits per heavy atom. The highest BCUT2D eigenvalue weighted by Crippen LogP contribution is 2.46. The summed E-state index contributed by atoms with van der Waals surface area (Å²) in [6.45, 7) is 0. The molecule has 0 radical (unpaired) electrons. The molecule has 148 valence electrons. The number of ketones is 1. The van der Waals surface area contributed by atoms with Gasteiger partial charge in [-0.15, -0.1) is 0 Å². The molecule has 0 spiro atoms. The molecule has 29 heavy (non-hydrogen) atoms. The van der Waals surface area contributed by atoms with Crippen molar-refractivity contribution in [3.63, 3.8) is 0 Å². The highest BCUT2D eigenvalue weighted by atomic mass is 16.5. The number of allylic oxidation sites excluding steroid dienone is 2. The highest BCUT2D eigenvalue weighted by Gasteiger charge is 2.41. The molecule has 0 amide bonds. The zero-order valence-electron chi connectivity index (χ0n) is 16.1. The van der Waals surface area contributed by atoms with E-state index in [-0.39, 0.29) is 11.7 Å². The minimum atomic E-state index is -0.446. The molecule has 0 bridgehead atoms. The van der Waals surface area contributed by atoms with Gasteiger partial charge in [0.1, 0.15) is 29.6 Å². The van der Waals surface area contributed by atoms with Crippen LogP contribution in [-0.2, 0) is 4.79 Å². The molecule has 0 saturated carbocycles. The monoisotopic (exact) mass is 392 g/mol. The Labute approximate surface area is 167 Å². The molecule has 8 nitrogen and oxygen atoms in total. The second-order valence-electron chi connectivity index (χ2n) is 7.10. The molecule has 3 heterocycles. The smallest absolute Gasteiger partial charge is 0.226 e. The van der Waals surface area contributed by atoms with Crippen LogP contribution in [0.25, 0.3) is 0 Å². The third-order valence-corrected chi connectivity index (χ3v) is 5.54. The summed E-state index contributed by atoms with van der Waals surface area (Å²) in [5, 5.41) is 7.68. The maximum absolute atomic E-state index is 13.3. The quantitative estimate of drug-likeness (QED) is 0.728. The molecule has 1 aliphatic carbocycles. The molecule has 2 unspecified atom stereocenters. The number of hydrogen-bond donors (Lipinski definition) is 1. The summed E-state index contributed by atoms with van der Waals surface area (Å²) in [6, 6.07) is 8.87. The van der Waals surface area contributed by atoms with E-state index in [1.807, 2.05) is 30.3 Å². The Morgan fingerprint density at radius 1 is 1.21 bits per heavy atom. The van der Waals surface area contributed by atoms with Crippen molar-refractivity contribution in [3.8, 4) is 11.5 Å². The number of aromatic nitrogens is 3. The van der Waals surface area contributed by atoms with Crippen LogP contribution in [0.3, 0.4) is 0 Å². The standard InChI is InChI=1S/C21H20N4O4/c1-27-13-5-6-18(28-2)14(10-13)20-19-15(24-21-22-11-23-25(20)21)8-12(9-16(19)26)17-4-3-7-29-17/h3-7,10-12,20H,8-9H2,1-2H3,(H,22,23,24). The lowest BCUT2D eigenvalue weighted by Crippen LogP contribution is -2.33. The lowest BCUT2D eigenvalue weighted by molar-refractivity contribution is -0.117. The van der Waals surface area contributed by atoms with Gasteiger partial charge in [0.25, 0.3) is 0 Å². The van der Waals surface area contributed by atoms with Crippen molar-refractivity contribution in [2.24, 2.45) is 0 Å². The number of methoxy groups -OCH3 is 2. The number of furan rings is 1. The largest absolute Gasteiger partial charge is 0.497 e. The minimum Gasteiger partial charge on any atom is -0.497 e. The molecule has 2 aromatic heterocycles. The number of benzene rings is 1. The molecule has 1 N–H and O–H groups in total. The van der Waals surface area contributed by atoms with Crippen LogP contribution in [0.15, 0.2) is 58.6 Å². The molecule has 2 aliphatic rings. The summed E-state index contributed by atoms with van der Waals surface area (Å²) in [7, 11) is 3.22. The minimum absolute atomic E-state index is 0.00826. The number of anilines is 1. The lowest BCUT2D eigenvalue weighted by atomic mass is 9.79. The number of carbonyl (C=O) groups excluding carboxylic acids is 1. The summed E-state index contributed by atoms with van der Waals surface area (Å²) >= 11 is 0. The SMILES string of the molecule is COc1ccc(OC)c(C2C3=C(CC(c4ccco4)CC3=O)Nc3ncnn32)c1. The molecule has 1 aromatic carbocycles. The summed E-state index contributed by atoms with van der Waals surface area (Å²) in [6.07, 6.45) is 4.15. The van der Waals surface area contributed by atoms with Gasteiger partial charge < -0.3 is 19.2 Å². The number of rotatable bonds is 4. The molecular formula is C21H20N4O4. The fourth-order valence-corrected chi connectivity index (χ4v) is 4.22. The predicted molar refractivity (Wildman–Crippen MR) is 104 cm³/mol. The van der Waals surface area contributed by atoms with Gasteiger partial charge in [-0.3, -0.25) is 4.79 Å². The van der Waals surface area contributed by atoms with Gasteiger partial charge in [-0.25, -0.2) is 4.68 Å². The first kappa shape index (κ1) is 17.5. The molecule has 1 aliphatic heterocycles. The normalized spacial score (nSPS) is 20.7. The predicted octanol–water partition coefficient (Wildman–Crippen LogP) is 3.30. The summed E-state index contributed by atoms with van der Waals surface area (Å²) < 4.78 is 18.3. The first-order valence-corrected chi connectivity index (χ1v) is 9.37. The van der Waals surface area contributed by atoms with Crippen LogP contribution in [0.4, 0.5) is 5.95 Å². The second-order valence-corrected chi connectivity index (χ2v) is 7.10. The molecule has 3 aromatic rings. The van der Waals surface area contributed by atoms with Crippen molar-refractivity contribution in [1.29, 1.82) is 0 Å². The van der Waals surface area contributed by atoms with E-state index in [9.17, 15) is 4.79 Å². The van der Waals surface area contributed by atoms with Crippen LogP contribution in [0.5, 0.6) is 11.5 Å². The number of nitrogens with zero attached hydrogens (tertiary/aromatic N) is 3. The third-order valence-electron chi connectivity index (χ3n) is 5.54. The maximum Gasteiger partial charge on any atom is 0.226 e. The Balaban J connectivity index is 1.66. The highest BCUT2D eigenvalue weighted by molar-refractivity contribution is 6.00. The molecule has 0 fully saturated rings. The number of ether oxygens (including phenoxy) is 2. The number of Topliss-reactive ketones (excluding diaryl/α,β-unsaturated/α-hetero) is 1. The van der Waals surface area contributed by atoms with Crippen molar-refractivity contribution in [2.75, 3.05) is 19.5 Å². The molecule has 2 atom stereocenters. The average Bonchev–Trinajstić information content (AvgIpc) is 3.43. The van der Waals surface area contributed by atoms with Crippen molar-refractivity contribution >= 4 is 11.7 Å². The van der Waals surface area contributed by atoms with Gasteiger partial charge in [-0.05, 0) is 36.8 Å². The van der Waals surface area contributed by atoms with Gasteiger partial charge in [0, 0.05) is 29.2 Å². The van der Waals surface area contributed by atoms with Crippen LogP contribution in [0.2, 0.25) is 0 Å². The van der Waals surface area contributed by atoms with E-state index < -0.39 is 6.04 Å². The summed E-state index contributed by atoms with van der Waals surface area (Å²) in [5.41, 5.74) is 2.33. The second kappa shape index (κ2) is 6.80. The Morgan fingerprint density at radius 2 is 2.10 bits per heavy atom. The van der Waals surface area contributed by atoms with Crippen LogP contribution in [0, 0.1) is 0 Å². The number of nitrogens with one attached hydrogen (secondary N) is 1. The van der Waals surface area contributed by atoms with Crippen molar-refractivity contribution < 1.29 is 18.7 Å². The van der Waals surface area contributed by atoms with Gasteiger partial charge in [0.15, 0.2) is 5.78 Å². The first-order chi connectivity index (χ1) is 14.2. The van der Waals surface area contributed by atoms with Gasteiger partial charge in [-0.1, -0.05) is 0 Å². The lowest BCUT2D eigenvalue weighted by Gasteiger charge is -2.35. The maximum atomic E-state index is 13.3. The topological polar surface area (TPSA) is 91.4 Å². The van der Waals surface area contributed by atoms with Gasteiger partial charge in [0.2, 0.25) is 5.95 Å². The van der Waals surface area contributed by atoms with Gasteiger partial charge in [0.05, 0.1) is 20.5 Å². The third kappa shape index (κ3) is 2.79. The summed E-state index contributed by atoms with van der Waals surface area (Å²) in [5.74, 6) is 2.79. The van der Waals surface area contributed by atoms with Crippen LogP contribution >= 0.6 is 0 Å². The number of fused-ring (bicyclic) bond motifs is 1. The fraction of sp³-hybridized carbons (Fsp3) is 0.286. The van der Waals surface area contributed by atoms with E-state index in [1.54, 1.807) is 25.2 Å². The van der Waals surface area contributed by atoms with Crippen molar-refractivity contribution in [1.82, 2.24) is 14.8 Å². The zero-order valence-corrected chi connectivity index (χ0v) is 16.1. The van der Waals surface area contributed by atoms with E-state index in [1.165, 1.54) is 6.33 Å². The molecule has 8 heteroatoms. The Kier molecular flexibility index (Phi) is 4.12. The van der Waals surface area contributed by atoms with Gasteiger partial charge in [-0.2, -0.15) is 10.1 Å². The molecular weight excluding hydrogens is 372 g/mol. The number of carbonyl (C=O) groups is 1. The Bertz CT molecular complexity index is 1100. The summed E-state index contributed by atoms with van der Waals surface area (Å²) in [4.78, 5) is 17.7.